The van der Waals surface area contributed by atoms with Crippen molar-refractivity contribution in [3.8, 4) is 0 Å². The normalized spacial score (nSPS) is 11.2. The van der Waals surface area contributed by atoms with Crippen LogP contribution < -0.4 is 20.3 Å². The van der Waals surface area contributed by atoms with Crippen molar-refractivity contribution in [2.45, 2.75) is 18.4 Å². The third-order valence-electron chi connectivity index (χ3n) is 8.52. The van der Waals surface area contributed by atoms with Crippen LogP contribution in [0.1, 0.15) is 28.4 Å². The zero-order chi connectivity index (χ0) is 37.5. The van der Waals surface area contributed by atoms with E-state index in [-0.39, 0.29) is 41.0 Å². The van der Waals surface area contributed by atoms with Gasteiger partial charge in [0.25, 0.3) is 15.9 Å². The van der Waals surface area contributed by atoms with Crippen LogP contribution in [0.3, 0.4) is 0 Å². The van der Waals surface area contributed by atoms with E-state index in [4.69, 9.17) is 15.9 Å². The molecule has 0 saturated carbocycles. The van der Waals surface area contributed by atoms with Crippen molar-refractivity contribution in [1.29, 1.82) is 5.41 Å². The minimum atomic E-state index is -4.47. The number of aromatic nitrogens is 1. The molecule has 0 aliphatic heterocycles. The highest BCUT2D eigenvalue weighted by Gasteiger charge is 2.32. The van der Waals surface area contributed by atoms with Crippen LogP contribution in [-0.4, -0.2) is 56.7 Å². The third-order valence-corrected chi connectivity index (χ3v) is 10.3. The molecule has 13 heteroatoms. The van der Waals surface area contributed by atoms with Crippen LogP contribution >= 0.6 is 0 Å². The third kappa shape index (κ3) is 8.00. The molecule has 0 unspecified atom stereocenters. The summed E-state index contributed by atoms with van der Waals surface area (Å²) in [5.41, 5.74) is 8.07. The number of pyridine rings is 1. The molecule has 0 spiro atoms. The second-order valence-electron chi connectivity index (χ2n) is 12.0. The quantitative estimate of drug-likeness (QED) is 0.0806. The number of carbonyl (C=O) groups is 3. The number of hydrogen-bond acceptors (Lipinski definition) is 8. The fourth-order valence-electron chi connectivity index (χ4n) is 5.90. The molecular weight excluding hydrogens is 693 g/mol. The van der Waals surface area contributed by atoms with Gasteiger partial charge in [-0.15, -0.1) is 0 Å². The van der Waals surface area contributed by atoms with Gasteiger partial charge in [0.15, 0.2) is 0 Å². The molecule has 0 aliphatic rings. The lowest BCUT2D eigenvalue weighted by molar-refractivity contribution is -0.142. The number of hydrogen-bond donors (Lipinski definition) is 3. The maximum atomic E-state index is 14.7. The predicted molar refractivity (Wildman–Crippen MR) is 204 cm³/mol. The summed E-state index contributed by atoms with van der Waals surface area (Å²) < 4.78 is 35.5. The number of nitrogens with zero attached hydrogens (tertiary/aromatic N) is 3. The first-order chi connectivity index (χ1) is 25.6. The van der Waals surface area contributed by atoms with Gasteiger partial charge >= 0.3 is 5.97 Å². The van der Waals surface area contributed by atoms with Crippen LogP contribution in [0.15, 0.2) is 132 Å². The lowest BCUT2D eigenvalue weighted by Gasteiger charge is -2.28. The molecule has 6 aromatic rings. The van der Waals surface area contributed by atoms with Gasteiger partial charge in [0.1, 0.15) is 23.8 Å². The summed E-state index contributed by atoms with van der Waals surface area (Å²) in [6, 6.07) is 33.6. The molecule has 1 heterocycles. The molecule has 1 aromatic heterocycles. The van der Waals surface area contributed by atoms with Gasteiger partial charge < -0.3 is 15.8 Å². The molecule has 0 saturated heterocycles. The molecular formula is C40H36N6O6S. The average molecular weight is 729 g/mol. The number of anilines is 2. The Bertz CT molecular complexity index is 2430. The first kappa shape index (κ1) is 36.2. The van der Waals surface area contributed by atoms with E-state index in [1.165, 1.54) is 17.2 Å². The Labute approximate surface area is 306 Å². The molecule has 268 valence electrons. The minimum Gasteiger partial charge on any atom is -0.465 e. The second-order valence-corrected chi connectivity index (χ2v) is 13.8. The van der Waals surface area contributed by atoms with Crippen LogP contribution in [0.4, 0.5) is 11.4 Å². The van der Waals surface area contributed by atoms with Gasteiger partial charge in [0, 0.05) is 34.9 Å². The monoisotopic (exact) mass is 728 g/mol. The number of esters is 1. The molecule has 4 N–H and O–H groups in total. The number of ether oxygens (including phenoxy) is 1. The van der Waals surface area contributed by atoms with Crippen LogP contribution in [0.2, 0.25) is 0 Å². The number of benzene rings is 5. The number of fused-ring (bicyclic) bond motifs is 2. The van der Waals surface area contributed by atoms with Gasteiger partial charge in [0.05, 0.1) is 17.8 Å². The summed E-state index contributed by atoms with van der Waals surface area (Å²) in [6.07, 6.45) is 1.50. The van der Waals surface area contributed by atoms with Crippen LogP contribution in [0, 0.1) is 5.41 Å². The van der Waals surface area contributed by atoms with E-state index in [1.807, 2.05) is 0 Å². The highest BCUT2D eigenvalue weighted by atomic mass is 32.2. The summed E-state index contributed by atoms with van der Waals surface area (Å²) in [5.74, 6) is -1.73. The van der Waals surface area contributed by atoms with Crippen molar-refractivity contribution in [3.63, 3.8) is 0 Å². The Kier molecular flexibility index (Phi) is 10.8. The van der Waals surface area contributed by atoms with E-state index in [2.05, 4.69) is 10.3 Å². The molecule has 53 heavy (non-hydrogen) atoms. The largest absolute Gasteiger partial charge is 0.465 e. The maximum Gasteiger partial charge on any atom is 0.326 e. The molecule has 0 fully saturated rings. The SMILES string of the molecule is CCOC(=O)CN(C(=O)CN(c1ccc2c(C(=O)NCc3ccc(C(=N)N)cc3)cccc2c1)S(=O)(=O)c1cccc2cccnc12)c1ccccc1. The number of nitrogens with two attached hydrogens (primary N) is 1. The summed E-state index contributed by atoms with van der Waals surface area (Å²) in [5, 5.41) is 12.2. The van der Waals surface area contributed by atoms with Gasteiger partial charge in [-0.3, -0.25) is 34.0 Å². The first-order valence-corrected chi connectivity index (χ1v) is 18.1. The van der Waals surface area contributed by atoms with Crippen LogP contribution in [-0.2, 0) is 30.9 Å². The lowest BCUT2D eigenvalue weighted by atomic mass is 10.0. The summed E-state index contributed by atoms with van der Waals surface area (Å²) in [6.45, 7) is 0.881. The van der Waals surface area contributed by atoms with E-state index in [0.29, 0.717) is 33.0 Å². The van der Waals surface area contributed by atoms with E-state index in [9.17, 15) is 22.8 Å². The van der Waals surface area contributed by atoms with Gasteiger partial charge in [-0.2, -0.15) is 0 Å². The number of nitrogen functional groups attached to an aromatic ring is 1. The number of carbonyl (C=O) groups excluding carboxylic acids is 3. The van der Waals surface area contributed by atoms with Gasteiger partial charge in [0.2, 0.25) is 5.91 Å². The summed E-state index contributed by atoms with van der Waals surface area (Å²) in [7, 11) is -4.47. The molecule has 0 aliphatic carbocycles. The smallest absolute Gasteiger partial charge is 0.326 e. The topological polar surface area (TPSA) is 176 Å². The van der Waals surface area contributed by atoms with E-state index >= 15 is 0 Å². The summed E-state index contributed by atoms with van der Waals surface area (Å²) in [4.78, 5) is 45.7. The van der Waals surface area contributed by atoms with E-state index in [1.54, 1.807) is 122 Å². The van der Waals surface area contributed by atoms with Gasteiger partial charge in [-0.05, 0) is 65.7 Å². The van der Waals surface area contributed by atoms with Gasteiger partial charge in [-0.25, -0.2) is 8.42 Å². The molecule has 0 atom stereocenters. The van der Waals surface area contributed by atoms with E-state index in [0.717, 1.165) is 9.87 Å². The first-order valence-electron chi connectivity index (χ1n) is 16.7. The highest BCUT2D eigenvalue weighted by Crippen LogP contribution is 2.32. The fraction of sp³-hybridized carbons (Fsp3) is 0.125. The highest BCUT2D eigenvalue weighted by molar-refractivity contribution is 7.93. The Hall–Kier alpha value is -6.60. The van der Waals surface area contributed by atoms with Crippen molar-refractivity contribution in [2.24, 2.45) is 5.73 Å². The minimum absolute atomic E-state index is 0.0505. The fourth-order valence-corrected chi connectivity index (χ4v) is 7.47. The van der Waals surface area contributed by atoms with Crippen molar-refractivity contribution in [2.75, 3.05) is 28.9 Å². The predicted octanol–water partition coefficient (Wildman–Crippen LogP) is 5.39. The second kappa shape index (κ2) is 15.7. The molecule has 5 aromatic carbocycles. The Morgan fingerprint density at radius 1 is 0.811 bits per heavy atom. The van der Waals surface area contributed by atoms with Crippen LogP contribution in [0.5, 0.6) is 0 Å². The lowest BCUT2D eigenvalue weighted by Crippen LogP contribution is -2.45. The molecule has 6 rings (SSSR count). The van der Waals surface area contributed by atoms with Crippen LogP contribution in [0.25, 0.3) is 21.7 Å². The van der Waals surface area contributed by atoms with Gasteiger partial charge in [-0.1, -0.05) is 78.9 Å². The Morgan fingerprint density at radius 2 is 1.53 bits per heavy atom. The van der Waals surface area contributed by atoms with Crippen molar-refractivity contribution in [3.05, 3.63) is 144 Å². The average Bonchev–Trinajstić information content (AvgIpc) is 3.17. The Balaban J connectivity index is 1.38. The molecule has 0 radical (unpaired) electrons. The van der Waals surface area contributed by atoms with E-state index < -0.39 is 35.0 Å². The number of rotatable bonds is 13. The van der Waals surface area contributed by atoms with Crippen molar-refractivity contribution in [1.82, 2.24) is 10.3 Å². The summed E-state index contributed by atoms with van der Waals surface area (Å²) >= 11 is 0. The Morgan fingerprint density at radius 3 is 2.26 bits per heavy atom. The standard InChI is InChI=1S/C40H36N6O6S/c1-2-52-37(48)26-45(31-12-4-3-5-13-31)36(47)25-46(53(50,51)35-15-7-9-28-11-8-22-43-38(28)35)32-20-21-33-30(23-32)10-6-14-34(33)40(49)44-24-27-16-18-29(19-17-27)39(41)42/h3-23H,2,24-26H2,1H3,(H3,41,42)(H,44,49). The molecule has 0 bridgehead atoms. The zero-order valence-electron chi connectivity index (χ0n) is 28.7. The molecule has 12 nitrogen and oxygen atoms in total. The zero-order valence-corrected chi connectivity index (χ0v) is 29.5. The number of sulfonamides is 1. The number of amidine groups is 1. The molecule has 2 amide bonds. The number of amides is 2. The van der Waals surface area contributed by atoms with Crippen molar-refractivity contribution >= 4 is 66.7 Å². The maximum absolute atomic E-state index is 14.7. The number of para-hydroxylation sites is 2. The van der Waals surface area contributed by atoms with Crippen molar-refractivity contribution < 1.29 is 27.5 Å². The number of nitrogens with one attached hydrogen (secondary N) is 2.